The molecule has 2 N–H and O–H groups in total. The van der Waals surface area contributed by atoms with Crippen molar-refractivity contribution in [3.05, 3.63) is 22.0 Å². The molecular weight excluding hydrogens is 232 g/mol. The minimum atomic E-state index is -0.874. The molecule has 2 aromatic rings. The van der Waals surface area contributed by atoms with E-state index in [1.165, 1.54) is 27.7 Å². The van der Waals surface area contributed by atoms with Crippen LogP contribution in [0.15, 0.2) is 12.3 Å². The van der Waals surface area contributed by atoms with Crippen LogP contribution in [0.5, 0.6) is 0 Å². The molecule has 0 aromatic carbocycles. The standard InChI is InChI=1S/C9H6N2O2S2/c12-9(13)6-1-5-8(14-6)4-2-11-15-7(4)3-10-5/h1-2,10H,3H2,(H,12,13). The largest absolute Gasteiger partial charge is 0.477 e. The second-order valence-electron chi connectivity index (χ2n) is 3.17. The predicted octanol–water partition coefficient (Wildman–Crippen LogP) is 2.50. The van der Waals surface area contributed by atoms with E-state index in [1.54, 1.807) is 6.07 Å². The summed E-state index contributed by atoms with van der Waals surface area (Å²) in [4.78, 5) is 13.4. The van der Waals surface area contributed by atoms with Gasteiger partial charge in [0.25, 0.3) is 0 Å². The first-order chi connectivity index (χ1) is 7.25. The molecule has 0 bridgehead atoms. The van der Waals surface area contributed by atoms with Gasteiger partial charge in [-0.05, 0) is 17.6 Å². The first-order valence-corrected chi connectivity index (χ1v) is 5.89. The molecule has 6 heteroatoms. The molecule has 0 aliphatic carbocycles. The monoisotopic (exact) mass is 238 g/mol. The Bertz CT molecular complexity index is 544. The summed E-state index contributed by atoms with van der Waals surface area (Å²) in [7, 11) is 0. The van der Waals surface area contributed by atoms with Crippen molar-refractivity contribution < 1.29 is 9.90 Å². The van der Waals surface area contributed by atoms with Gasteiger partial charge in [-0.3, -0.25) is 0 Å². The SMILES string of the molecule is O=C(O)c1cc2c(s1)-c1cnsc1CN2. The predicted molar refractivity (Wildman–Crippen MR) is 59.7 cm³/mol. The zero-order valence-electron chi connectivity index (χ0n) is 7.48. The summed E-state index contributed by atoms with van der Waals surface area (Å²) in [6.45, 7) is 0.739. The third-order valence-electron chi connectivity index (χ3n) is 2.27. The minimum absolute atomic E-state index is 0.367. The smallest absolute Gasteiger partial charge is 0.345 e. The van der Waals surface area contributed by atoms with E-state index >= 15 is 0 Å². The molecule has 1 aliphatic heterocycles. The lowest BCUT2D eigenvalue weighted by Gasteiger charge is -2.12. The Morgan fingerprint density at radius 2 is 2.47 bits per heavy atom. The number of nitrogens with one attached hydrogen (secondary N) is 1. The van der Waals surface area contributed by atoms with Gasteiger partial charge in [0.15, 0.2) is 0 Å². The van der Waals surface area contributed by atoms with Crippen LogP contribution in [0.25, 0.3) is 10.4 Å². The topological polar surface area (TPSA) is 62.2 Å². The van der Waals surface area contributed by atoms with Crippen molar-refractivity contribution in [2.45, 2.75) is 6.54 Å². The molecule has 2 aromatic heterocycles. The van der Waals surface area contributed by atoms with E-state index in [1.807, 2.05) is 6.20 Å². The summed E-state index contributed by atoms with van der Waals surface area (Å²) in [5, 5.41) is 12.1. The number of hydrogen-bond donors (Lipinski definition) is 2. The average Bonchev–Trinajstić information content (AvgIpc) is 2.82. The van der Waals surface area contributed by atoms with Crippen LogP contribution in [0.1, 0.15) is 14.5 Å². The van der Waals surface area contributed by atoms with Crippen molar-refractivity contribution in [1.29, 1.82) is 0 Å². The average molecular weight is 238 g/mol. The molecule has 3 heterocycles. The molecule has 0 fully saturated rings. The van der Waals surface area contributed by atoms with Gasteiger partial charge >= 0.3 is 5.97 Å². The van der Waals surface area contributed by atoms with E-state index in [0.717, 1.165) is 22.7 Å². The summed E-state index contributed by atoms with van der Waals surface area (Å²) in [6.07, 6.45) is 1.81. The Hall–Kier alpha value is -1.40. The number of hydrogen-bond acceptors (Lipinski definition) is 5. The summed E-state index contributed by atoms with van der Waals surface area (Å²) in [6, 6.07) is 1.68. The van der Waals surface area contributed by atoms with E-state index in [0.29, 0.717) is 4.88 Å². The molecule has 0 radical (unpaired) electrons. The van der Waals surface area contributed by atoms with Gasteiger partial charge in [-0.25, -0.2) is 9.17 Å². The van der Waals surface area contributed by atoms with Crippen molar-refractivity contribution in [3.8, 4) is 10.4 Å². The van der Waals surface area contributed by atoms with Crippen LogP contribution in [-0.2, 0) is 6.54 Å². The summed E-state index contributed by atoms with van der Waals surface area (Å²) in [5.74, 6) is -0.874. The molecule has 0 spiro atoms. The maximum Gasteiger partial charge on any atom is 0.345 e. The number of anilines is 1. The van der Waals surface area contributed by atoms with Gasteiger partial charge in [0.2, 0.25) is 0 Å². The van der Waals surface area contributed by atoms with Crippen LogP contribution in [0.4, 0.5) is 5.69 Å². The molecule has 0 atom stereocenters. The van der Waals surface area contributed by atoms with E-state index in [9.17, 15) is 4.79 Å². The summed E-state index contributed by atoms with van der Waals surface area (Å²) < 4.78 is 4.12. The zero-order valence-corrected chi connectivity index (χ0v) is 9.11. The van der Waals surface area contributed by atoms with Gasteiger partial charge < -0.3 is 10.4 Å². The van der Waals surface area contributed by atoms with Crippen LogP contribution < -0.4 is 5.32 Å². The van der Waals surface area contributed by atoms with E-state index in [4.69, 9.17) is 5.11 Å². The maximum absolute atomic E-state index is 10.8. The van der Waals surface area contributed by atoms with Gasteiger partial charge in [-0.15, -0.1) is 11.3 Å². The highest BCUT2D eigenvalue weighted by Crippen LogP contribution is 2.42. The molecular formula is C9H6N2O2S2. The first kappa shape index (κ1) is 8.87. The highest BCUT2D eigenvalue weighted by atomic mass is 32.1. The number of nitrogens with zero attached hydrogens (tertiary/aromatic N) is 1. The lowest BCUT2D eigenvalue weighted by molar-refractivity contribution is 0.0702. The number of carboxylic acid groups (broad SMARTS) is 1. The Labute approximate surface area is 93.4 Å². The Morgan fingerprint density at radius 3 is 3.27 bits per heavy atom. The molecule has 0 amide bonds. The molecule has 0 saturated heterocycles. The number of carbonyl (C=O) groups is 1. The fourth-order valence-corrected chi connectivity index (χ4v) is 3.33. The quantitative estimate of drug-likeness (QED) is 0.801. The van der Waals surface area contributed by atoms with Crippen molar-refractivity contribution in [2.24, 2.45) is 0 Å². The molecule has 0 saturated carbocycles. The number of aromatic carboxylic acids is 1. The Morgan fingerprint density at radius 1 is 1.60 bits per heavy atom. The van der Waals surface area contributed by atoms with Crippen molar-refractivity contribution in [3.63, 3.8) is 0 Å². The molecule has 3 rings (SSSR count). The van der Waals surface area contributed by atoms with Gasteiger partial charge in [0.05, 0.1) is 22.0 Å². The fraction of sp³-hybridized carbons (Fsp3) is 0.111. The van der Waals surface area contributed by atoms with Crippen molar-refractivity contribution in [2.75, 3.05) is 5.32 Å². The zero-order chi connectivity index (χ0) is 10.4. The summed E-state index contributed by atoms with van der Waals surface area (Å²) >= 11 is 2.75. The van der Waals surface area contributed by atoms with Gasteiger partial charge in [-0.1, -0.05) is 0 Å². The molecule has 0 unspecified atom stereocenters. The first-order valence-electron chi connectivity index (χ1n) is 4.30. The normalized spacial score (nSPS) is 12.8. The lowest BCUT2D eigenvalue weighted by atomic mass is 10.1. The second-order valence-corrected chi connectivity index (χ2v) is 5.11. The summed E-state index contributed by atoms with van der Waals surface area (Å²) in [5.41, 5.74) is 1.98. The molecule has 15 heavy (non-hydrogen) atoms. The highest BCUT2D eigenvalue weighted by molar-refractivity contribution is 7.18. The molecule has 76 valence electrons. The van der Waals surface area contributed by atoms with Crippen LogP contribution in [0.3, 0.4) is 0 Å². The van der Waals surface area contributed by atoms with Gasteiger partial charge in [0.1, 0.15) is 4.88 Å². The van der Waals surface area contributed by atoms with Gasteiger partial charge in [-0.2, -0.15) is 0 Å². The number of fused-ring (bicyclic) bond motifs is 3. The number of aromatic nitrogens is 1. The molecule has 4 nitrogen and oxygen atoms in total. The Kier molecular flexibility index (Phi) is 1.80. The molecule has 1 aliphatic rings. The van der Waals surface area contributed by atoms with Crippen LogP contribution in [-0.4, -0.2) is 15.4 Å². The lowest BCUT2D eigenvalue weighted by Crippen LogP contribution is -2.03. The highest BCUT2D eigenvalue weighted by Gasteiger charge is 2.22. The fourth-order valence-electron chi connectivity index (χ4n) is 1.58. The third kappa shape index (κ3) is 1.25. The second kappa shape index (κ2) is 3.04. The maximum atomic E-state index is 10.8. The third-order valence-corrected chi connectivity index (χ3v) is 4.22. The van der Waals surface area contributed by atoms with Crippen LogP contribution in [0, 0.1) is 0 Å². The Balaban J connectivity index is 2.20. The number of rotatable bonds is 1. The minimum Gasteiger partial charge on any atom is -0.477 e. The van der Waals surface area contributed by atoms with Crippen LogP contribution >= 0.6 is 22.9 Å². The van der Waals surface area contributed by atoms with E-state index < -0.39 is 5.97 Å². The number of thiophene rings is 1. The van der Waals surface area contributed by atoms with E-state index in [-0.39, 0.29) is 0 Å². The number of carboxylic acids is 1. The van der Waals surface area contributed by atoms with E-state index in [2.05, 4.69) is 9.69 Å². The van der Waals surface area contributed by atoms with Crippen molar-refractivity contribution >= 4 is 34.5 Å². The van der Waals surface area contributed by atoms with Gasteiger partial charge in [0, 0.05) is 11.8 Å². The van der Waals surface area contributed by atoms with Crippen LogP contribution in [0.2, 0.25) is 0 Å². The van der Waals surface area contributed by atoms with Crippen molar-refractivity contribution in [1.82, 2.24) is 4.37 Å².